The molecule has 10 nitrogen and oxygen atoms in total. The third kappa shape index (κ3) is 6.28. The molecule has 1 amide bonds. The number of hydrogen-bond donors (Lipinski definition) is 2. The Labute approximate surface area is 234 Å². The van der Waals surface area contributed by atoms with Crippen molar-refractivity contribution in [2.24, 2.45) is 5.92 Å². The Hall–Kier alpha value is -3.92. The number of benzene rings is 1. The first kappa shape index (κ1) is 26.3. The highest BCUT2D eigenvalue weighted by Gasteiger charge is 2.26. The lowest BCUT2D eigenvalue weighted by molar-refractivity contribution is 0.0139. The maximum atomic E-state index is 12.4. The van der Waals surface area contributed by atoms with Crippen LogP contribution in [0.4, 0.5) is 16.6 Å². The number of hydrogen-bond acceptors (Lipinski definition) is 7. The van der Waals surface area contributed by atoms with E-state index in [1.165, 1.54) is 19.3 Å². The number of amides is 1. The van der Waals surface area contributed by atoms with Crippen LogP contribution in [0.1, 0.15) is 45.6 Å². The number of imidazole rings is 1. The van der Waals surface area contributed by atoms with Crippen molar-refractivity contribution in [1.82, 2.24) is 34.5 Å². The van der Waals surface area contributed by atoms with Crippen LogP contribution < -0.4 is 5.32 Å². The predicted molar refractivity (Wildman–Crippen MR) is 155 cm³/mol. The van der Waals surface area contributed by atoms with Crippen molar-refractivity contribution in [3.05, 3.63) is 54.5 Å². The van der Waals surface area contributed by atoms with Gasteiger partial charge in [0.15, 0.2) is 0 Å². The molecule has 3 aromatic heterocycles. The lowest BCUT2D eigenvalue weighted by Crippen LogP contribution is -2.49. The normalized spacial score (nSPS) is 16.7. The summed E-state index contributed by atoms with van der Waals surface area (Å²) in [6.45, 7) is 10.4. The fourth-order valence-corrected chi connectivity index (χ4v) is 5.24. The Bertz CT molecular complexity index is 1470. The minimum Gasteiger partial charge on any atom is -0.444 e. The molecule has 40 heavy (non-hydrogen) atoms. The van der Waals surface area contributed by atoms with Crippen LogP contribution in [0.25, 0.3) is 22.2 Å². The standard InChI is InChI=1S/C30H38N8O2/c1-30(2,3)40-29(39)37-13-11-36(12-14-37)18-22-9-10-31-27(15-22)35-28-33-25-8-7-23(16-26(25)34-28)24-17-32-38(20-24)19-21-5-4-6-21/h7-10,15-17,20-21H,4-6,11-14,18-19H2,1-3H3,(H2,31,33,34,35). The summed E-state index contributed by atoms with van der Waals surface area (Å²) < 4.78 is 7.58. The number of aromatic nitrogens is 5. The fourth-order valence-electron chi connectivity index (χ4n) is 5.24. The van der Waals surface area contributed by atoms with Crippen molar-refractivity contribution in [3.63, 3.8) is 0 Å². The third-order valence-electron chi connectivity index (χ3n) is 7.62. The predicted octanol–water partition coefficient (Wildman–Crippen LogP) is 5.42. The number of aromatic amines is 1. The van der Waals surface area contributed by atoms with Gasteiger partial charge in [0.05, 0.1) is 17.2 Å². The number of anilines is 2. The number of pyridine rings is 1. The van der Waals surface area contributed by atoms with Gasteiger partial charge in [-0.3, -0.25) is 9.58 Å². The number of H-pyrrole nitrogens is 1. The summed E-state index contributed by atoms with van der Waals surface area (Å²) in [6.07, 6.45) is 9.64. The molecule has 1 aliphatic carbocycles. The van der Waals surface area contributed by atoms with Crippen LogP contribution in [0.15, 0.2) is 48.9 Å². The monoisotopic (exact) mass is 542 g/mol. The largest absolute Gasteiger partial charge is 0.444 e. The van der Waals surface area contributed by atoms with Gasteiger partial charge in [0, 0.05) is 57.2 Å². The number of carbonyl (C=O) groups excluding carboxylic acids is 1. The van der Waals surface area contributed by atoms with Gasteiger partial charge in [0.1, 0.15) is 11.4 Å². The second-order valence-corrected chi connectivity index (χ2v) is 12.0. The fraction of sp³-hybridized carbons (Fsp3) is 0.467. The first-order chi connectivity index (χ1) is 19.3. The number of ether oxygens (including phenoxy) is 1. The lowest BCUT2D eigenvalue weighted by atomic mass is 9.85. The van der Waals surface area contributed by atoms with Crippen molar-refractivity contribution >= 4 is 28.9 Å². The summed E-state index contributed by atoms with van der Waals surface area (Å²) >= 11 is 0. The molecule has 10 heteroatoms. The maximum Gasteiger partial charge on any atom is 0.410 e. The first-order valence-corrected chi connectivity index (χ1v) is 14.2. The number of rotatable bonds is 7. The second kappa shape index (κ2) is 10.9. The zero-order valence-electron chi connectivity index (χ0n) is 23.6. The van der Waals surface area contributed by atoms with Crippen molar-refractivity contribution in [2.45, 2.75) is 58.7 Å². The molecule has 2 N–H and O–H groups in total. The molecule has 0 atom stereocenters. The van der Waals surface area contributed by atoms with Crippen molar-refractivity contribution < 1.29 is 9.53 Å². The van der Waals surface area contributed by atoms with Crippen LogP contribution in [0.2, 0.25) is 0 Å². The molecule has 1 aliphatic heterocycles. The van der Waals surface area contributed by atoms with Gasteiger partial charge in [-0.25, -0.2) is 14.8 Å². The number of nitrogens with zero attached hydrogens (tertiary/aromatic N) is 6. The summed E-state index contributed by atoms with van der Waals surface area (Å²) in [4.78, 5) is 29.1. The average Bonchev–Trinajstić information content (AvgIpc) is 3.52. The highest BCUT2D eigenvalue weighted by Crippen LogP contribution is 2.29. The minimum absolute atomic E-state index is 0.237. The molecule has 2 aliphatic rings. The summed E-state index contributed by atoms with van der Waals surface area (Å²) in [5, 5.41) is 7.90. The van der Waals surface area contributed by atoms with E-state index < -0.39 is 5.60 Å². The van der Waals surface area contributed by atoms with Crippen LogP contribution in [-0.4, -0.2) is 72.4 Å². The van der Waals surface area contributed by atoms with Crippen molar-refractivity contribution in [3.8, 4) is 11.1 Å². The van der Waals surface area contributed by atoms with Crippen LogP contribution in [-0.2, 0) is 17.8 Å². The molecule has 2 fully saturated rings. The van der Waals surface area contributed by atoms with Crippen LogP contribution in [0, 0.1) is 5.92 Å². The Morgan fingerprint density at radius 3 is 2.67 bits per heavy atom. The van der Waals surface area contributed by atoms with Crippen molar-refractivity contribution in [2.75, 3.05) is 31.5 Å². The van der Waals surface area contributed by atoms with Gasteiger partial charge in [0.25, 0.3) is 0 Å². The SMILES string of the molecule is CC(C)(C)OC(=O)N1CCN(Cc2ccnc(Nc3nc4ccc(-c5cnn(CC6CCC6)c5)cc4[nH]3)c2)CC1. The lowest BCUT2D eigenvalue weighted by Gasteiger charge is -2.35. The smallest absolute Gasteiger partial charge is 0.410 e. The Morgan fingerprint density at radius 2 is 1.93 bits per heavy atom. The average molecular weight is 543 g/mol. The molecule has 1 saturated heterocycles. The van der Waals surface area contributed by atoms with Gasteiger partial charge in [-0.1, -0.05) is 12.5 Å². The topological polar surface area (TPSA) is 104 Å². The van der Waals surface area contributed by atoms with E-state index in [1.54, 1.807) is 4.90 Å². The van der Waals surface area contributed by atoms with E-state index in [0.717, 1.165) is 65.6 Å². The summed E-state index contributed by atoms with van der Waals surface area (Å²) in [6, 6.07) is 10.3. The molecule has 1 aromatic carbocycles. The molecular weight excluding hydrogens is 504 g/mol. The zero-order chi connectivity index (χ0) is 27.7. The van der Waals surface area contributed by atoms with Gasteiger partial charge < -0.3 is 19.9 Å². The number of carbonyl (C=O) groups is 1. The van der Waals surface area contributed by atoms with E-state index in [0.29, 0.717) is 19.0 Å². The van der Waals surface area contributed by atoms with E-state index in [-0.39, 0.29) is 6.09 Å². The summed E-state index contributed by atoms with van der Waals surface area (Å²) in [7, 11) is 0. The molecule has 4 heterocycles. The molecule has 6 rings (SSSR count). The van der Waals surface area contributed by atoms with E-state index in [9.17, 15) is 4.79 Å². The quantitative estimate of drug-likeness (QED) is 0.321. The van der Waals surface area contributed by atoms with E-state index in [1.807, 2.05) is 45.3 Å². The zero-order valence-corrected chi connectivity index (χ0v) is 23.6. The molecular formula is C30H38N8O2. The van der Waals surface area contributed by atoms with Gasteiger partial charge in [-0.05, 0) is 74.9 Å². The highest BCUT2D eigenvalue weighted by atomic mass is 16.6. The Kier molecular flexibility index (Phi) is 7.18. The van der Waals surface area contributed by atoms with Gasteiger partial charge >= 0.3 is 6.09 Å². The number of fused-ring (bicyclic) bond motifs is 1. The number of nitrogens with one attached hydrogen (secondary N) is 2. The molecule has 1 saturated carbocycles. The van der Waals surface area contributed by atoms with E-state index >= 15 is 0 Å². The van der Waals surface area contributed by atoms with Crippen LogP contribution in [0.5, 0.6) is 0 Å². The van der Waals surface area contributed by atoms with Crippen LogP contribution >= 0.6 is 0 Å². The van der Waals surface area contributed by atoms with Crippen LogP contribution in [0.3, 0.4) is 0 Å². The molecule has 0 spiro atoms. The highest BCUT2D eigenvalue weighted by molar-refractivity contribution is 5.83. The third-order valence-corrected chi connectivity index (χ3v) is 7.62. The number of piperazine rings is 1. The summed E-state index contributed by atoms with van der Waals surface area (Å²) in [5.74, 6) is 2.17. The van der Waals surface area contributed by atoms with Gasteiger partial charge in [-0.15, -0.1) is 0 Å². The Balaban J connectivity index is 1.06. The molecule has 0 bridgehead atoms. The maximum absolute atomic E-state index is 12.4. The van der Waals surface area contributed by atoms with Crippen molar-refractivity contribution in [1.29, 1.82) is 0 Å². The minimum atomic E-state index is -0.476. The van der Waals surface area contributed by atoms with Gasteiger partial charge in [-0.2, -0.15) is 5.10 Å². The van der Waals surface area contributed by atoms with Gasteiger partial charge in [0.2, 0.25) is 5.95 Å². The van der Waals surface area contributed by atoms with E-state index in [2.05, 4.69) is 54.4 Å². The first-order valence-electron chi connectivity index (χ1n) is 14.2. The molecule has 0 radical (unpaired) electrons. The Morgan fingerprint density at radius 1 is 1.10 bits per heavy atom. The molecule has 210 valence electrons. The molecule has 0 unspecified atom stereocenters. The molecule has 4 aromatic rings. The second-order valence-electron chi connectivity index (χ2n) is 12.0. The van der Waals surface area contributed by atoms with E-state index in [4.69, 9.17) is 9.72 Å². The summed E-state index contributed by atoms with van der Waals surface area (Å²) in [5.41, 5.74) is 4.77.